The van der Waals surface area contributed by atoms with E-state index in [0.29, 0.717) is 29.7 Å². The molecule has 0 bridgehead atoms. The van der Waals surface area contributed by atoms with E-state index in [-0.39, 0.29) is 19.0 Å². The number of nitrogens with two attached hydrogens (primary N) is 1. The fourth-order valence-corrected chi connectivity index (χ4v) is 5.02. The van der Waals surface area contributed by atoms with Gasteiger partial charge in [-0.05, 0) is 86.1 Å². The number of benzene rings is 3. The Morgan fingerprint density at radius 2 is 1.60 bits per heavy atom. The van der Waals surface area contributed by atoms with Crippen molar-refractivity contribution >= 4 is 16.7 Å². The predicted molar refractivity (Wildman–Crippen MR) is 159 cm³/mol. The van der Waals surface area contributed by atoms with Gasteiger partial charge in [0, 0.05) is 35.3 Å². The van der Waals surface area contributed by atoms with Gasteiger partial charge in [0.25, 0.3) is 0 Å². The summed E-state index contributed by atoms with van der Waals surface area (Å²) in [4.78, 5) is 13.7. The Labute approximate surface area is 236 Å². The lowest BCUT2D eigenvalue weighted by molar-refractivity contribution is 0.103. The molecule has 0 spiro atoms. The zero-order valence-electron chi connectivity index (χ0n) is 23.9. The van der Waals surface area contributed by atoms with Crippen LogP contribution < -0.4 is 15.2 Å². The predicted octanol–water partition coefficient (Wildman–Crippen LogP) is 4.75. The number of aliphatic hydroxyl groups excluding tert-OH is 2. The number of carbonyl (C=O) groups is 1. The van der Waals surface area contributed by atoms with Crippen LogP contribution in [0.25, 0.3) is 10.9 Å². The standard InChI is InChI=1S/C33H40N2O5/c1-22-16-26(17-31(40-4)23(22)2)32(38)29-19-35(30-18-27(39-3)11-12-28(29)30)15-5-6-24-7-9-25(10-8-24)13-14-33(34,20-36)21-37/h7-12,16-19,36-37H,5-6,13-15,20-21,34H2,1-4H3. The highest BCUT2D eigenvalue weighted by molar-refractivity contribution is 6.16. The highest BCUT2D eigenvalue weighted by Gasteiger charge is 2.22. The molecule has 4 N–H and O–H groups in total. The number of hydrogen-bond donors (Lipinski definition) is 3. The summed E-state index contributed by atoms with van der Waals surface area (Å²) in [6, 6.07) is 18.0. The average Bonchev–Trinajstić information content (AvgIpc) is 3.35. The normalized spacial score (nSPS) is 11.7. The molecular formula is C33H40N2O5. The van der Waals surface area contributed by atoms with Crippen molar-refractivity contribution in [2.24, 2.45) is 5.73 Å². The number of aliphatic hydroxyl groups is 2. The van der Waals surface area contributed by atoms with E-state index >= 15 is 0 Å². The van der Waals surface area contributed by atoms with Crippen LogP contribution in [0, 0.1) is 13.8 Å². The van der Waals surface area contributed by atoms with Gasteiger partial charge in [0.1, 0.15) is 11.5 Å². The zero-order chi connectivity index (χ0) is 28.9. The number of ether oxygens (including phenoxy) is 2. The van der Waals surface area contributed by atoms with Gasteiger partial charge >= 0.3 is 0 Å². The average molecular weight is 545 g/mol. The summed E-state index contributed by atoms with van der Waals surface area (Å²) in [6.07, 6.45) is 4.94. The minimum Gasteiger partial charge on any atom is -0.497 e. The molecule has 0 aliphatic rings. The molecule has 0 atom stereocenters. The molecule has 3 aromatic carbocycles. The van der Waals surface area contributed by atoms with E-state index in [4.69, 9.17) is 15.2 Å². The van der Waals surface area contributed by atoms with Crippen molar-refractivity contribution in [3.8, 4) is 11.5 Å². The van der Waals surface area contributed by atoms with Crippen LogP contribution in [0.3, 0.4) is 0 Å². The molecule has 0 fully saturated rings. The summed E-state index contributed by atoms with van der Waals surface area (Å²) in [5, 5.41) is 19.7. The number of aryl methyl sites for hydroxylation is 4. The van der Waals surface area contributed by atoms with Gasteiger partial charge in [0.15, 0.2) is 5.78 Å². The molecule has 0 aliphatic heterocycles. The first-order valence-corrected chi connectivity index (χ1v) is 13.7. The van der Waals surface area contributed by atoms with E-state index in [0.717, 1.165) is 52.7 Å². The van der Waals surface area contributed by atoms with Crippen LogP contribution in [0.2, 0.25) is 0 Å². The monoisotopic (exact) mass is 544 g/mol. The quantitative estimate of drug-likeness (QED) is 0.210. The second-order valence-electron chi connectivity index (χ2n) is 10.7. The van der Waals surface area contributed by atoms with E-state index in [1.165, 1.54) is 5.56 Å². The SMILES string of the molecule is COc1ccc2c(C(=O)c3cc(C)c(C)c(OC)c3)cn(CCCc3ccc(CCC(N)(CO)CO)cc3)c2c1. The molecule has 1 aromatic heterocycles. The molecule has 0 saturated carbocycles. The van der Waals surface area contributed by atoms with Crippen LogP contribution in [-0.4, -0.2) is 53.5 Å². The van der Waals surface area contributed by atoms with Gasteiger partial charge in [-0.1, -0.05) is 24.3 Å². The Morgan fingerprint density at radius 1 is 0.925 bits per heavy atom. The maximum atomic E-state index is 13.7. The fourth-order valence-electron chi connectivity index (χ4n) is 5.02. The number of methoxy groups -OCH3 is 2. The van der Waals surface area contributed by atoms with E-state index in [2.05, 4.69) is 28.8 Å². The van der Waals surface area contributed by atoms with Gasteiger partial charge < -0.3 is 30.0 Å². The first-order valence-electron chi connectivity index (χ1n) is 13.7. The topological polar surface area (TPSA) is 107 Å². The minimum atomic E-state index is -0.953. The summed E-state index contributed by atoms with van der Waals surface area (Å²) in [6.45, 7) is 4.25. The van der Waals surface area contributed by atoms with Crippen LogP contribution in [0.1, 0.15) is 51.0 Å². The molecule has 0 saturated heterocycles. The van der Waals surface area contributed by atoms with Crippen LogP contribution in [0.15, 0.2) is 60.8 Å². The number of carbonyl (C=O) groups excluding carboxylic acids is 1. The Bertz CT molecular complexity index is 1470. The largest absolute Gasteiger partial charge is 0.497 e. The number of hydrogen-bond acceptors (Lipinski definition) is 6. The smallest absolute Gasteiger partial charge is 0.195 e. The summed E-state index contributed by atoms with van der Waals surface area (Å²) in [7, 11) is 3.27. The highest BCUT2D eigenvalue weighted by atomic mass is 16.5. The molecule has 7 nitrogen and oxygen atoms in total. The molecule has 0 radical (unpaired) electrons. The van der Waals surface area contributed by atoms with E-state index in [1.54, 1.807) is 14.2 Å². The molecule has 40 heavy (non-hydrogen) atoms. The third kappa shape index (κ3) is 6.39. The lowest BCUT2D eigenvalue weighted by Gasteiger charge is -2.24. The van der Waals surface area contributed by atoms with Crippen molar-refractivity contribution in [2.45, 2.75) is 51.6 Å². The summed E-state index contributed by atoms with van der Waals surface area (Å²) in [5.74, 6) is 1.43. The van der Waals surface area contributed by atoms with E-state index < -0.39 is 5.54 Å². The first kappa shape index (κ1) is 29.3. The Kier molecular flexibility index (Phi) is 9.30. The third-order valence-corrected chi connectivity index (χ3v) is 7.86. The van der Waals surface area contributed by atoms with Crippen LogP contribution in [-0.2, 0) is 19.4 Å². The van der Waals surface area contributed by atoms with Crippen molar-refractivity contribution in [3.63, 3.8) is 0 Å². The maximum absolute atomic E-state index is 13.7. The lowest BCUT2D eigenvalue weighted by Crippen LogP contribution is -2.47. The van der Waals surface area contributed by atoms with E-state index in [9.17, 15) is 15.0 Å². The number of nitrogens with zero attached hydrogens (tertiary/aromatic N) is 1. The highest BCUT2D eigenvalue weighted by Crippen LogP contribution is 2.30. The van der Waals surface area contributed by atoms with Crippen molar-refractivity contribution in [1.82, 2.24) is 4.57 Å². The molecule has 1 heterocycles. The number of aromatic nitrogens is 1. The molecule has 4 rings (SSSR count). The minimum absolute atomic E-state index is 0.0326. The first-order chi connectivity index (χ1) is 19.2. The second kappa shape index (κ2) is 12.7. The van der Waals surface area contributed by atoms with Gasteiger partial charge in [0.05, 0.1) is 38.5 Å². The summed E-state index contributed by atoms with van der Waals surface area (Å²) >= 11 is 0. The van der Waals surface area contributed by atoms with Crippen LogP contribution >= 0.6 is 0 Å². The van der Waals surface area contributed by atoms with E-state index in [1.807, 2.05) is 50.4 Å². The van der Waals surface area contributed by atoms with Gasteiger partial charge in [-0.3, -0.25) is 4.79 Å². The number of ketones is 1. The van der Waals surface area contributed by atoms with Gasteiger partial charge in [-0.15, -0.1) is 0 Å². The second-order valence-corrected chi connectivity index (χ2v) is 10.7. The van der Waals surface area contributed by atoms with Gasteiger partial charge in [-0.25, -0.2) is 0 Å². The van der Waals surface area contributed by atoms with Gasteiger partial charge in [-0.2, -0.15) is 0 Å². The Balaban J connectivity index is 1.51. The third-order valence-electron chi connectivity index (χ3n) is 7.86. The summed E-state index contributed by atoms with van der Waals surface area (Å²) in [5.41, 5.74) is 11.7. The molecule has 7 heteroatoms. The van der Waals surface area contributed by atoms with Crippen molar-refractivity contribution in [3.05, 3.63) is 94.2 Å². The van der Waals surface area contributed by atoms with Crippen molar-refractivity contribution < 1.29 is 24.5 Å². The molecule has 0 amide bonds. The van der Waals surface area contributed by atoms with Crippen molar-refractivity contribution in [2.75, 3.05) is 27.4 Å². The Hall–Kier alpha value is -3.65. The zero-order valence-corrected chi connectivity index (χ0v) is 23.9. The maximum Gasteiger partial charge on any atom is 0.195 e. The molecular weight excluding hydrogens is 504 g/mol. The molecule has 0 unspecified atom stereocenters. The van der Waals surface area contributed by atoms with Crippen molar-refractivity contribution in [1.29, 1.82) is 0 Å². The Morgan fingerprint density at radius 3 is 2.23 bits per heavy atom. The molecule has 212 valence electrons. The molecule has 4 aromatic rings. The van der Waals surface area contributed by atoms with Crippen LogP contribution in [0.4, 0.5) is 0 Å². The number of rotatable bonds is 13. The fraction of sp³-hybridized carbons (Fsp3) is 0.364. The van der Waals surface area contributed by atoms with Crippen LogP contribution in [0.5, 0.6) is 11.5 Å². The summed E-state index contributed by atoms with van der Waals surface area (Å²) < 4.78 is 13.1. The molecule has 0 aliphatic carbocycles. The van der Waals surface area contributed by atoms with Gasteiger partial charge in [0.2, 0.25) is 0 Å². The number of fused-ring (bicyclic) bond motifs is 1. The lowest BCUT2D eigenvalue weighted by atomic mass is 9.93.